The van der Waals surface area contributed by atoms with Crippen molar-refractivity contribution in [2.75, 3.05) is 5.32 Å². The molecule has 0 fully saturated rings. The van der Waals surface area contributed by atoms with Gasteiger partial charge in [-0.05, 0) is 31.4 Å². The number of anilines is 1. The molecule has 2 unspecified atom stereocenters. The first-order valence-electron chi connectivity index (χ1n) is 6.53. The van der Waals surface area contributed by atoms with Gasteiger partial charge in [0.2, 0.25) is 0 Å². The molecule has 0 bridgehead atoms. The summed E-state index contributed by atoms with van der Waals surface area (Å²) >= 11 is 0. The minimum atomic E-state index is 0.418. The van der Waals surface area contributed by atoms with Crippen LogP contribution in [0.5, 0.6) is 0 Å². The molecule has 2 aromatic rings. The Balaban J connectivity index is 2.07. The summed E-state index contributed by atoms with van der Waals surface area (Å²) in [7, 11) is 0. The van der Waals surface area contributed by atoms with Gasteiger partial charge in [-0.15, -0.1) is 0 Å². The molecular formula is C14H20N4. The van der Waals surface area contributed by atoms with Crippen LogP contribution in [0, 0.1) is 5.92 Å². The van der Waals surface area contributed by atoms with Gasteiger partial charge in [0.25, 0.3) is 0 Å². The van der Waals surface area contributed by atoms with Gasteiger partial charge in [-0.3, -0.25) is 4.98 Å². The molecule has 2 heterocycles. The van der Waals surface area contributed by atoms with E-state index in [1.54, 1.807) is 12.4 Å². The Morgan fingerprint density at radius 1 is 1.17 bits per heavy atom. The summed E-state index contributed by atoms with van der Waals surface area (Å²) < 4.78 is 0. The van der Waals surface area contributed by atoms with Crippen LogP contribution >= 0.6 is 0 Å². The number of nitrogens with zero attached hydrogens (tertiary/aromatic N) is 3. The first kappa shape index (κ1) is 12.7. The molecule has 0 aliphatic carbocycles. The summed E-state index contributed by atoms with van der Waals surface area (Å²) in [6.45, 7) is 6.69. The molecule has 2 rings (SSSR count). The number of rotatable bonds is 5. The van der Waals surface area contributed by atoms with Crippen LogP contribution in [-0.4, -0.2) is 21.0 Å². The van der Waals surface area contributed by atoms with Crippen molar-refractivity contribution >= 4 is 17.0 Å². The summed E-state index contributed by atoms with van der Waals surface area (Å²) in [6.07, 6.45) is 5.71. The molecule has 0 saturated carbocycles. The number of aromatic nitrogens is 3. The molecule has 4 nitrogen and oxygen atoms in total. The number of nitrogens with one attached hydrogen (secondary N) is 1. The summed E-state index contributed by atoms with van der Waals surface area (Å²) in [5, 5.41) is 3.42. The molecule has 4 heteroatoms. The van der Waals surface area contributed by atoms with Crippen molar-refractivity contribution in [3.05, 3.63) is 24.5 Å². The largest absolute Gasteiger partial charge is 0.368 e. The van der Waals surface area contributed by atoms with E-state index < -0.39 is 0 Å². The normalized spacial score (nSPS) is 14.4. The fourth-order valence-corrected chi connectivity index (χ4v) is 2.02. The Morgan fingerprint density at radius 2 is 1.94 bits per heavy atom. The van der Waals surface area contributed by atoms with Gasteiger partial charge in [-0.1, -0.05) is 20.3 Å². The Kier molecular flexibility index (Phi) is 4.07. The Labute approximate surface area is 108 Å². The van der Waals surface area contributed by atoms with Crippen molar-refractivity contribution in [2.45, 2.75) is 39.7 Å². The molecule has 0 spiro atoms. The fourth-order valence-electron chi connectivity index (χ4n) is 2.02. The van der Waals surface area contributed by atoms with Crippen molar-refractivity contribution in [3.8, 4) is 0 Å². The highest BCUT2D eigenvalue weighted by atomic mass is 15.0. The molecule has 1 N–H and O–H groups in total. The van der Waals surface area contributed by atoms with E-state index >= 15 is 0 Å². The SMILES string of the molecule is CCC(C)CC(C)Nc1ccc2nccnc2n1. The summed E-state index contributed by atoms with van der Waals surface area (Å²) in [4.78, 5) is 12.9. The maximum Gasteiger partial charge on any atom is 0.180 e. The number of pyridine rings is 1. The third kappa shape index (κ3) is 3.15. The Bertz CT molecular complexity index is 512. The van der Waals surface area contributed by atoms with Crippen LogP contribution in [0.15, 0.2) is 24.5 Å². The van der Waals surface area contributed by atoms with E-state index in [9.17, 15) is 0 Å². The van der Waals surface area contributed by atoms with Crippen molar-refractivity contribution < 1.29 is 0 Å². The van der Waals surface area contributed by atoms with E-state index in [4.69, 9.17) is 0 Å². The van der Waals surface area contributed by atoms with E-state index in [0.29, 0.717) is 11.7 Å². The van der Waals surface area contributed by atoms with Crippen molar-refractivity contribution in [1.29, 1.82) is 0 Å². The lowest BCUT2D eigenvalue weighted by molar-refractivity contribution is 0.483. The van der Waals surface area contributed by atoms with Crippen molar-refractivity contribution in [1.82, 2.24) is 15.0 Å². The fraction of sp³-hybridized carbons (Fsp3) is 0.500. The smallest absolute Gasteiger partial charge is 0.180 e. The average molecular weight is 244 g/mol. The second kappa shape index (κ2) is 5.76. The zero-order valence-corrected chi connectivity index (χ0v) is 11.2. The van der Waals surface area contributed by atoms with Gasteiger partial charge in [0.1, 0.15) is 11.3 Å². The predicted molar refractivity (Wildman–Crippen MR) is 74.5 cm³/mol. The molecular weight excluding hydrogens is 224 g/mol. The van der Waals surface area contributed by atoms with E-state index in [-0.39, 0.29) is 0 Å². The van der Waals surface area contributed by atoms with Crippen LogP contribution in [0.2, 0.25) is 0 Å². The molecule has 0 aliphatic heterocycles. The summed E-state index contributed by atoms with van der Waals surface area (Å²) in [5.41, 5.74) is 1.52. The van der Waals surface area contributed by atoms with Crippen LogP contribution in [0.3, 0.4) is 0 Å². The second-order valence-corrected chi connectivity index (χ2v) is 4.89. The highest BCUT2D eigenvalue weighted by molar-refractivity contribution is 5.71. The second-order valence-electron chi connectivity index (χ2n) is 4.89. The standard InChI is InChI=1S/C14H20N4/c1-4-10(2)9-11(3)17-13-6-5-12-14(18-13)16-8-7-15-12/h5-8,10-11H,4,9H2,1-3H3,(H,16,17,18). The zero-order valence-electron chi connectivity index (χ0n) is 11.2. The van der Waals surface area contributed by atoms with Crippen LogP contribution in [0.25, 0.3) is 11.2 Å². The first-order valence-corrected chi connectivity index (χ1v) is 6.53. The highest BCUT2D eigenvalue weighted by Crippen LogP contribution is 2.15. The molecule has 2 aromatic heterocycles. The van der Waals surface area contributed by atoms with Crippen molar-refractivity contribution in [3.63, 3.8) is 0 Å². The van der Waals surface area contributed by atoms with Crippen LogP contribution in [-0.2, 0) is 0 Å². The predicted octanol–water partition coefficient (Wildman–Crippen LogP) is 3.26. The van der Waals surface area contributed by atoms with E-state index in [0.717, 1.165) is 23.7 Å². The topological polar surface area (TPSA) is 50.7 Å². The third-order valence-electron chi connectivity index (χ3n) is 3.18. The van der Waals surface area contributed by atoms with E-state index in [1.165, 1.54) is 6.42 Å². The lowest BCUT2D eigenvalue weighted by atomic mass is 10.0. The lowest BCUT2D eigenvalue weighted by Gasteiger charge is -2.18. The molecule has 0 radical (unpaired) electrons. The minimum absolute atomic E-state index is 0.418. The third-order valence-corrected chi connectivity index (χ3v) is 3.18. The molecule has 18 heavy (non-hydrogen) atoms. The van der Waals surface area contributed by atoms with Gasteiger partial charge in [-0.2, -0.15) is 0 Å². The Morgan fingerprint density at radius 3 is 2.72 bits per heavy atom. The van der Waals surface area contributed by atoms with Gasteiger partial charge in [-0.25, -0.2) is 9.97 Å². The van der Waals surface area contributed by atoms with Gasteiger partial charge >= 0.3 is 0 Å². The Hall–Kier alpha value is -1.71. The van der Waals surface area contributed by atoms with Gasteiger partial charge in [0, 0.05) is 18.4 Å². The van der Waals surface area contributed by atoms with Gasteiger partial charge in [0.15, 0.2) is 5.65 Å². The van der Waals surface area contributed by atoms with Crippen LogP contribution in [0.4, 0.5) is 5.82 Å². The monoisotopic (exact) mass is 244 g/mol. The van der Waals surface area contributed by atoms with Crippen molar-refractivity contribution in [2.24, 2.45) is 5.92 Å². The quantitative estimate of drug-likeness (QED) is 0.877. The first-order chi connectivity index (χ1) is 8.69. The summed E-state index contributed by atoms with van der Waals surface area (Å²) in [5.74, 6) is 1.60. The van der Waals surface area contributed by atoms with E-state index in [2.05, 4.69) is 41.0 Å². The zero-order chi connectivity index (χ0) is 13.0. The highest BCUT2D eigenvalue weighted by Gasteiger charge is 2.08. The van der Waals surface area contributed by atoms with Crippen LogP contribution < -0.4 is 5.32 Å². The summed E-state index contributed by atoms with van der Waals surface area (Å²) in [6, 6.07) is 4.33. The molecule has 0 aromatic carbocycles. The number of fused-ring (bicyclic) bond motifs is 1. The molecule has 0 amide bonds. The lowest BCUT2D eigenvalue weighted by Crippen LogP contribution is -2.19. The average Bonchev–Trinajstić information content (AvgIpc) is 2.38. The molecule has 2 atom stereocenters. The maximum absolute atomic E-state index is 4.46. The maximum atomic E-state index is 4.46. The van der Waals surface area contributed by atoms with Gasteiger partial charge in [0.05, 0.1) is 0 Å². The van der Waals surface area contributed by atoms with E-state index in [1.807, 2.05) is 12.1 Å². The number of hydrogen-bond donors (Lipinski definition) is 1. The van der Waals surface area contributed by atoms with Gasteiger partial charge < -0.3 is 5.32 Å². The number of hydrogen-bond acceptors (Lipinski definition) is 4. The molecule has 0 aliphatic rings. The van der Waals surface area contributed by atoms with Crippen LogP contribution in [0.1, 0.15) is 33.6 Å². The minimum Gasteiger partial charge on any atom is -0.368 e. The molecule has 0 saturated heterocycles. The molecule has 96 valence electrons.